The van der Waals surface area contributed by atoms with Crippen molar-refractivity contribution >= 4 is 28.5 Å². The van der Waals surface area contributed by atoms with Gasteiger partial charge in [-0.25, -0.2) is 4.98 Å². The zero-order chi connectivity index (χ0) is 26.1. The second-order valence-corrected chi connectivity index (χ2v) is 9.56. The van der Waals surface area contributed by atoms with Crippen molar-refractivity contribution < 1.29 is 14.0 Å². The summed E-state index contributed by atoms with van der Waals surface area (Å²) in [5, 5.41) is 3.91. The van der Waals surface area contributed by atoms with E-state index in [1.807, 2.05) is 65.1 Å². The minimum Gasteiger partial charge on any atom is -0.451 e. The second kappa shape index (κ2) is 9.97. The third-order valence-corrected chi connectivity index (χ3v) is 7.24. The van der Waals surface area contributed by atoms with Crippen molar-refractivity contribution in [3.63, 3.8) is 0 Å². The lowest BCUT2D eigenvalue weighted by atomic mass is 9.89. The zero-order valence-electron chi connectivity index (χ0n) is 21.0. The summed E-state index contributed by atoms with van der Waals surface area (Å²) in [6, 6.07) is 19.2. The monoisotopic (exact) mass is 505 g/mol. The number of carbonyl (C=O) groups is 2. The SMILES string of the molecule is Cc1c(C(=O)N2CCC(c3ccc(NC(=O)c4cc(-n5ccnc5)ccn4)cc3)CC2)oc2ccccc12. The Balaban J connectivity index is 1.07. The molecule has 8 nitrogen and oxygen atoms in total. The molecule has 6 rings (SSSR count). The van der Waals surface area contributed by atoms with Gasteiger partial charge in [-0.1, -0.05) is 30.3 Å². The lowest BCUT2D eigenvalue weighted by Gasteiger charge is -2.32. The number of nitrogens with zero attached hydrogens (tertiary/aromatic N) is 4. The number of pyridine rings is 1. The molecule has 0 aliphatic carbocycles. The molecule has 4 heterocycles. The fraction of sp³-hybridized carbons (Fsp3) is 0.200. The van der Waals surface area contributed by atoms with Crippen molar-refractivity contribution in [1.82, 2.24) is 19.4 Å². The van der Waals surface area contributed by atoms with Gasteiger partial charge >= 0.3 is 0 Å². The van der Waals surface area contributed by atoms with Gasteiger partial charge in [-0.2, -0.15) is 0 Å². The van der Waals surface area contributed by atoms with Gasteiger partial charge in [0.2, 0.25) is 0 Å². The quantitative estimate of drug-likeness (QED) is 0.336. The largest absolute Gasteiger partial charge is 0.451 e. The van der Waals surface area contributed by atoms with E-state index in [9.17, 15) is 9.59 Å². The highest BCUT2D eigenvalue weighted by Crippen LogP contribution is 2.31. The molecule has 2 aromatic carbocycles. The van der Waals surface area contributed by atoms with Crippen molar-refractivity contribution in [2.45, 2.75) is 25.7 Å². The minimum absolute atomic E-state index is 0.0408. The standard InChI is InChI=1S/C30H27N5O3/c1-20-25-4-2-3-5-27(25)38-28(20)30(37)34-15-11-22(12-16-34)21-6-8-23(9-7-21)33-29(36)26-18-24(10-13-32-26)35-17-14-31-19-35/h2-10,13-14,17-19,22H,11-12,15-16H2,1H3,(H,33,36). The van der Waals surface area contributed by atoms with Gasteiger partial charge in [0.25, 0.3) is 11.8 Å². The zero-order valence-corrected chi connectivity index (χ0v) is 21.0. The van der Waals surface area contributed by atoms with E-state index < -0.39 is 0 Å². The van der Waals surface area contributed by atoms with Gasteiger partial charge in [-0.05, 0) is 61.6 Å². The number of hydrogen-bond donors (Lipinski definition) is 1. The van der Waals surface area contributed by atoms with E-state index in [1.165, 1.54) is 5.56 Å². The van der Waals surface area contributed by atoms with E-state index in [0.29, 0.717) is 36.1 Å². The third kappa shape index (κ3) is 4.56. The van der Waals surface area contributed by atoms with Gasteiger partial charge in [0.05, 0.1) is 12.0 Å². The van der Waals surface area contributed by atoms with Crippen molar-refractivity contribution in [3.8, 4) is 5.69 Å². The average molecular weight is 506 g/mol. The van der Waals surface area contributed by atoms with E-state index in [0.717, 1.165) is 35.1 Å². The fourth-order valence-electron chi connectivity index (χ4n) is 5.09. The normalized spacial score (nSPS) is 14.1. The summed E-state index contributed by atoms with van der Waals surface area (Å²) >= 11 is 0. The van der Waals surface area contributed by atoms with Crippen LogP contribution in [-0.2, 0) is 0 Å². The molecule has 8 heteroatoms. The highest BCUT2D eigenvalue weighted by atomic mass is 16.3. The van der Waals surface area contributed by atoms with Gasteiger partial charge < -0.3 is 19.2 Å². The molecular weight excluding hydrogens is 478 g/mol. The molecular formula is C30H27N5O3. The number of aromatic nitrogens is 3. The summed E-state index contributed by atoms with van der Waals surface area (Å²) in [5.41, 5.74) is 4.71. The Kier molecular flexibility index (Phi) is 6.21. The predicted octanol–water partition coefficient (Wildman–Crippen LogP) is 5.59. The van der Waals surface area contributed by atoms with Crippen LogP contribution in [0.2, 0.25) is 0 Å². The van der Waals surface area contributed by atoms with Crippen LogP contribution in [0.25, 0.3) is 16.7 Å². The number of para-hydroxylation sites is 1. The molecule has 0 bridgehead atoms. The van der Waals surface area contributed by atoms with Crippen molar-refractivity contribution in [2.75, 3.05) is 18.4 Å². The number of carbonyl (C=O) groups excluding carboxylic acids is 2. The van der Waals surface area contributed by atoms with Crippen LogP contribution in [0.15, 0.2) is 90.0 Å². The Morgan fingerprint density at radius 1 is 1.00 bits per heavy atom. The highest BCUT2D eigenvalue weighted by Gasteiger charge is 2.28. The number of anilines is 1. The first-order valence-corrected chi connectivity index (χ1v) is 12.7. The maximum atomic E-state index is 13.2. The molecule has 0 radical (unpaired) electrons. The molecule has 2 amide bonds. The Bertz CT molecular complexity index is 1600. The number of piperidine rings is 1. The smallest absolute Gasteiger partial charge is 0.289 e. The third-order valence-electron chi connectivity index (χ3n) is 7.24. The average Bonchev–Trinajstić information content (AvgIpc) is 3.62. The lowest BCUT2D eigenvalue weighted by molar-refractivity contribution is 0.0682. The van der Waals surface area contributed by atoms with Crippen LogP contribution in [-0.4, -0.2) is 44.3 Å². The lowest BCUT2D eigenvalue weighted by Crippen LogP contribution is -2.38. The molecule has 1 N–H and O–H groups in total. The number of amides is 2. The number of imidazole rings is 1. The maximum Gasteiger partial charge on any atom is 0.289 e. The number of hydrogen-bond acceptors (Lipinski definition) is 5. The summed E-state index contributed by atoms with van der Waals surface area (Å²) in [4.78, 5) is 36.1. The van der Waals surface area contributed by atoms with E-state index in [4.69, 9.17) is 4.42 Å². The number of nitrogens with one attached hydrogen (secondary N) is 1. The van der Waals surface area contributed by atoms with Crippen LogP contribution in [0.1, 0.15) is 50.9 Å². The first-order valence-electron chi connectivity index (χ1n) is 12.7. The number of furan rings is 1. The molecule has 1 aliphatic heterocycles. The summed E-state index contributed by atoms with van der Waals surface area (Å²) < 4.78 is 7.72. The molecule has 0 spiro atoms. The van der Waals surface area contributed by atoms with Gasteiger partial charge in [0, 0.05) is 48.3 Å². The van der Waals surface area contributed by atoms with Crippen LogP contribution in [0.5, 0.6) is 0 Å². The van der Waals surface area contributed by atoms with Gasteiger partial charge in [-0.3, -0.25) is 14.6 Å². The van der Waals surface area contributed by atoms with Crippen LogP contribution in [0, 0.1) is 6.92 Å². The van der Waals surface area contributed by atoms with E-state index in [1.54, 1.807) is 24.8 Å². The number of benzene rings is 2. The number of rotatable bonds is 5. The van der Waals surface area contributed by atoms with Crippen LogP contribution in [0.3, 0.4) is 0 Å². The fourth-order valence-corrected chi connectivity index (χ4v) is 5.09. The number of fused-ring (bicyclic) bond motifs is 1. The minimum atomic E-state index is -0.271. The molecule has 190 valence electrons. The van der Waals surface area contributed by atoms with E-state index in [-0.39, 0.29) is 11.8 Å². The molecule has 3 aromatic heterocycles. The van der Waals surface area contributed by atoms with E-state index in [2.05, 4.69) is 27.4 Å². The van der Waals surface area contributed by atoms with E-state index >= 15 is 0 Å². The topological polar surface area (TPSA) is 93.3 Å². The summed E-state index contributed by atoms with van der Waals surface area (Å²) in [7, 11) is 0. The highest BCUT2D eigenvalue weighted by molar-refractivity contribution is 6.03. The van der Waals surface area contributed by atoms with Gasteiger partial charge in [0.1, 0.15) is 11.3 Å². The molecule has 0 atom stereocenters. The van der Waals surface area contributed by atoms with Gasteiger partial charge in [0.15, 0.2) is 5.76 Å². The first-order chi connectivity index (χ1) is 18.6. The van der Waals surface area contributed by atoms with Crippen molar-refractivity contribution in [2.24, 2.45) is 0 Å². The molecule has 0 saturated carbocycles. The molecule has 1 aliphatic rings. The summed E-state index contributed by atoms with van der Waals surface area (Å²) in [5.74, 6) is 0.484. The first kappa shape index (κ1) is 23.7. The van der Waals surface area contributed by atoms with Crippen LogP contribution < -0.4 is 5.32 Å². The van der Waals surface area contributed by atoms with Crippen molar-refractivity contribution in [3.05, 3.63) is 108 Å². The molecule has 38 heavy (non-hydrogen) atoms. The Morgan fingerprint density at radius 3 is 2.53 bits per heavy atom. The van der Waals surface area contributed by atoms with Crippen LogP contribution in [0.4, 0.5) is 5.69 Å². The Hall–Kier alpha value is -4.72. The number of aryl methyl sites for hydroxylation is 1. The maximum absolute atomic E-state index is 13.2. The van der Waals surface area contributed by atoms with Gasteiger partial charge in [-0.15, -0.1) is 0 Å². The Labute approximate surface area is 219 Å². The van der Waals surface area contributed by atoms with Crippen LogP contribution >= 0.6 is 0 Å². The molecule has 5 aromatic rings. The summed E-state index contributed by atoms with van der Waals surface area (Å²) in [6.45, 7) is 3.30. The Morgan fingerprint density at radius 2 is 1.79 bits per heavy atom. The molecule has 1 saturated heterocycles. The number of likely N-dealkylation sites (tertiary alicyclic amines) is 1. The van der Waals surface area contributed by atoms with Crippen molar-refractivity contribution in [1.29, 1.82) is 0 Å². The molecule has 1 fully saturated rings. The predicted molar refractivity (Wildman–Crippen MR) is 145 cm³/mol. The molecule has 0 unspecified atom stereocenters. The summed E-state index contributed by atoms with van der Waals surface area (Å²) in [6.07, 6.45) is 8.54. The second-order valence-electron chi connectivity index (χ2n) is 9.56.